The van der Waals surface area contributed by atoms with E-state index in [1.54, 1.807) is 12.4 Å². The number of nitrogens with zero attached hydrogens (tertiary/aromatic N) is 3. The Kier molecular flexibility index (Phi) is 4.91. The first-order valence-corrected chi connectivity index (χ1v) is 6.86. The molecule has 0 radical (unpaired) electrons. The molecule has 4 heteroatoms. The van der Waals surface area contributed by atoms with Gasteiger partial charge >= 0.3 is 0 Å². The van der Waals surface area contributed by atoms with Crippen LogP contribution in [0.1, 0.15) is 37.7 Å². The summed E-state index contributed by atoms with van der Waals surface area (Å²) in [4.78, 5) is 18.3. The molecule has 19 heavy (non-hydrogen) atoms. The van der Waals surface area contributed by atoms with Gasteiger partial charge in [-0.1, -0.05) is 18.9 Å². The van der Waals surface area contributed by atoms with Crippen LogP contribution in [0.4, 0.5) is 0 Å². The molecule has 1 aromatic rings. The van der Waals surface area contributed by atoms with Gasteiger partial charge in [0.1, 0.15) is 0 Å². The number of hydrogen-bond donors (Lipinski definition) is 0. The molecule has 1 aliphatic rings. The summed E-state index contributed by atoms with van der Waals surface area (Å²) < 4.78 is 0. The van der Waals surface area contributed by atoms with E-state index >= 15 is 0 Å². The SMILES string of the molecule is N#CCCN(Cc1cccnc1)C(=O)C1CCCC1. The average molecular weight is 257 g/mol. The van der Waals surface area contributed by atoms with E-state index in [0.29, 0.717) is 19.5 Å². The quantitative estimate of drug-likeness (QED) is 0.814. The lowest BCUT2D eigenvalue weighted by Crippen LogP contribution is -2.35. The highest BCUT2D eigenvalue weighted by atomic mass is 16.2. The van der Waals surface area contributed by atoms with Crippen LogP contribution in [0.25, 0.3) is 0 Å². The highest BCUT2D eigenvalue weighted by molar-refractivity contribution is 5.79. The smallest absolute Gasteiger partial charge is 0.226 e. The summed E-state index contributed by atoms with van der Waals surface area (Å²) in [6.07, 6.45) is 8.18. The Morgan fingerprint density at radius 1 is 1.47 bits per heavy atom. The minimum atomic E-state index is 0.162. The van der Waals surface area contributed by atoms with Crippen molar-refractivity contribution in [1.82, 2.24) is 9.88 Å². The maximum Gasteiger partial charge on any atom is 0.226 e. The number of hydrogen-bond acceptors (Lipinski definition) is 3. The Morgan fingerprint density at radius 3 is 2.89 bits per heavy atom. The van der Waals surface area contributed by atoms with E-state index in [2.05, 4.69) is 11.1 Å². The van der Waals surface area contributed by atoms with Crippen LogP contribution in [-0.4, -0.2) is 22.3 Å². The first-order chi connectivity index (χ1) is 9.31. The second-order valence-corrected chi connectivity index (χ2v) is 5.01. The molecule has 0 aromatic carbocycles. The molecule has 1 fully saturated rings. The molecule has 0 aliphatic heterocycles. The van der Waals surface area contributed by atoms with Crippen molar-refractivity contribution in [2.24, 2.45) is 5.92 Å². The van der Waals surface area contributed by atoms with E-state index < -0.39 is 0 Å². The largest absolute Gasteiger partial charge is 0.337 e. The fourth-order valence-electron chi connectivity index (χ4n) is 2.60. The van der Waals surface area contributed by atoms with Crippen LogP contribution in [0.2, 0.25) is 0 Å². The summed E-state index contributed by atoms with van der Waals surface area (Å²) >= 11 is 0. The van der Waals surface area contributed by atoms with E-state index in [9.17, 15) is 4.79 Å². The van der Waals surface area contributed by atoms with Crippen LogP contribution in [0, 0.1) is 17.2 Å². The lowest BCUT2D eigenvalue weighted by molar-refractivity contribution is -0.135. The van der Waals surface area contributed by atoms with Crippen molar-refractivity contribution in [2.75, 3.05) is 6.54 Å². The zero-order valence-electron chi connectivity index (χ0n) is 11.1. The minimum absolute atomic E-state index is 0.162. The van der Waals surface area contributed by atoms with Crippen LogP contribution in [0.3, 0.4) is 0 Å². The van der Waals surface area contributed by atoms with E-state index in [1.165, 1.54) is 0 Å². The topological polar surface area (TPSA) is 57.0 Å². The van der Waals surface area contributed by atoms with Crippen LogP contribution < -0.4 is 0 Å². The first-order valence-electron chi connectivity index (χ1n) is 6.86. The second kappa shape index (κ2) is 6.89. The van der Waals surface area contributed by atoms with E-state index in [0.717, 1.165) is 31.2 Å². The van der Waals surface area contributed by atoms with Gasteiger partial charge in [0.25, 0.3) is 0 Å². The summed E-state index contributed by atoms with van der Waals surface area (Å²) in [7, 11) is 0. The van der Waals surface area contributed by atoms with Gasteiger partial charge in [0.15, 0.2) is 0 Å². The van der Waals surface area contributed by atoms with Gasteiger partial charge in [0, 0.05) is 31.4 Å². The van der Waals surface area contributed by atoms with Crippen molar-refractivity contribution in [1.29, 1.82) is 5.26 Å². The number of carbonyl (C=O) groups is 1. The summed E-state index contributed by atoms with van der Waals surface area (Å²) in [5, 5.41) is 8.73. The molecule has 100 valence electrons. The molecular formula is C15H19N3O. The van der Waals surface area contributed by atoms with Crippen molar-refractivity contribution < 1.29 is 4.79 Å². The Balaban J connectivity index is 2.02. The number of nitriles is 1. The van der Waals surface area contributed by atoms with Crippen molar-refractivity contribution in [3.05, 3.63) is 30.1 Å². The van der Waals surface area contributed by atoms with Crippen molar-refractivity contribution in [3.63, 3.8) is 0 Å². The van der Waals surface area contributed by atoms with Gasteiger partial charge in [-0.2, -0.15) is 5.26 Å². The Hall–Kier alpha value is -1.89. The zero-order chi connectivity index (χ0) is 13.5. The fraction of sp³-hybridized carbons (Fsp3) is 0.533. The van der Waals surface area contributed by atoms with Crippen LogP contribution in [0.5, 0.6) is 0 Å². The third-order valence-electron chi connectivity index (χ3n) is 3.61. The third kappa shape index (κ3) is 3.78. The number of aromatic nitrogens is 1. The molecular weight excluding hydrogens is 238 g/mol. The Labute approximate surface area is 114 Å². The van der Waals surface area contributed by atoms with Gasteiger partial charge < -0.3 is 4.90 Å². The van der Waals surface area contributed by atoms with Crippen LogP contribution in [0.15, 0.2) is 24.5 Å². The summed E-state index contributed by atoms with van der Waals surface area (Å²) in [5.74, 6) is 0.368. The standard InChI is InChI=1S/C15H19N3O/c16-8-4-10-18(12-13-5-3-9-17-11-13)15(19)14-6-1-2-7-14/h3,5,9,11,14H,1-2,4,6-7,10,12H2. The molecule has 0 unspecified atom stereocenters. The summed E-state index contributed by atoms with van der Waals surface area (Å²) in [6, 6.07) is 5.96. The monoisotopic (exact) mass is 257 g/mol. The number of pyridine rings is 1. The molecule has 2 rings (SSSR count). The highest BCUT2D eigenvalue weighted by Gasteiger charge is 2.27. The molecule has 0 saturated heterocycles. The molecule has 1 heterocycles. The number of amides is 1. The predicted molar refractivity (Wildman–Crippen MR) is 71.8 cm³/mol. The molecule has 0 spiro atoms. The molecule has 4 nitrogen and oxygen atoms in total. The molecule has 1 aliphatic carbocycles. The Bertz CT molecular complexity index is 446. The van der Waals surface area contributed by atoms with Crippen molar-refractivity contribution in [3.8, 4) is 6.07 Å². The predicted octanol–water partition coefficient (Wildman–Crippen LogP) is 2.51. The maximum absolute atomic E-state index is 12.5. The maximum atomic E-state index is 12.5. The lowest BCUT2D eigenvalue weighted by atomic mass is 10.1. The van der Waals surface area contributed by atoms with Gasteiger partial charge in [0.2, 0.25) is 5.91 Å². The molecule has 1 aromatic heterocycles. The molecule has 0 bridgehead atoms. The summed E-state index contributed by atoms with van der Waals surface area (Å²) in [5.41, 5.74) is 1.02. The van der Waals surface area contributed by atoms with E-state index in [4.69, 9.17) is 5.26 Å². The van der Waals surface area contributed by atoms with Crippen molar-refractivity contribution >= 4 is 5.91 Å². The van der Waals surface area contributed by atoms with Gasteiger partial charge in [-0.25, -0.2) is 0 Å². The highest BCUT2D eigenvalue weighted by Crippen LogP contribution is 2.27. The number of rotatable bonds is 5. The Morgan fingerprint density at radius 2 is 2.26 bits per heavy atom. The average Bonchev–Trinajstić information content (AvgIpc) is 2.98. The van der Waals surface area contributed by atoms with E-state index in [-0.39, 0.29) is 11.8 Å². The van der Waals surface area contributed by atoms with Gasteiger partial charge in [-0.3, -0.25) is 9.78 Å². The fourth-order valence-corrected chi connectivity index (χ4v) is 2.60. The van der Waals surface area contributed by atoms with Gasteiger partial charge in [0.05, 0.1) is 12.5 Å². The molecule has 1 saturated carbocycles. The minimum Gasteiger partial charge on any atom is -0.337 e. The van der Waals surface area contributed by atoms with Crippen LogP contribution in [-0.2, 0) is 11.3 Å². The normalized spacial score (nSPS) is 15.1. The zero-order valence-corrected chi connectivity index (χ0v) is 11.1. The first kappa shape index (κ1) is 13.5. The molecule has 0 atom stereocenters. The van der Waals surface area contributed by atoms with E-state index in [1.807, 2.05) is 17.0 Å². The van der Waals surface area contributed by atoms with Crippen molar-refractivity contribution in [2.45, 2.75) is 38.6 Å². The third-order valence-corrected chi connectivity index (χ3v) is 3.61. The van der Waals surface area contributed by atoms with Crippen LogP contribution >= 0.6 is 0 Å². The molecule has 0 N–H and O–H groups in total. The summed E-state index contributed by atoms with van der Waals surface area (Å²) in [6.45, 7) is 1.07. The number of carbonyl (C=O) groups excluding carboxylic acids is 1. The second-order valence-electron chi connectivity index (χ2n) is 5.01. The van der Waals surface area contributed by atoms with Gasteiger partial charge in [-0.15, -0.1) is 0 Å². The molecule has 1 amide bonds. The van der Waals surface area contributed by atoms with Gasteiger partial charge in [-0.05, 0) is 24.5 Å². The lowest BCUT2D eigenvalue weighted by Gasteiger charge is -2.24.